The fourth-order valence-electron chi connectivity index (χ4n) is 1.77. The molecule has 1 heterocycles. The number of halogens is 3. The molecule has 17 heavy (non-hydrogen) atoms. The monoisotopic (exact) mass is 332 g/mol. The van der Waals surface area contributed by atoms with Gasteiger partial charge in [0.2, 0.25) is 0 Å². The van der Waals surface area contributed by atoms with Gasteiger partial charge in [0.25, 0.3) is 0 Å². The zero-order valence-electron chi connectivity index (χ0n) is 9.43. The molecule has 4 heteroatoms. The lowest BCUT2D eigenvalue weighted by molar-refractivity contribution is 0.608. The van der Waals surface area contributed by atoms with Crippen LogP contribution in [-0.2, 0) is 0 Å². The Kier molecular flexibility index (Phi) is 3.91. The number of hydrogen-bond acceptors (Lipinski definition) is 1. The van der Waals surface area contributed by atoms with E-state index >= 15 is 0 Å². The lowest BCUT2D eigenvalue weighted by Gasteiger charge is -2.11. The maximum atomic E-state index is 13.5. The van der Waals surface area contributed by atoms with Gasteiger partial charge in [0, 0.05) is 0 Å². The molecule has 0 nitrogen and oxygen atoms in total. The van der Waals surface area contributed by atoms with Crippen molar-refractivity contribution in [3.63, 3.8) is 0 Å². The van der Waals surface area contributed by atoms with Crippen LogP contribution in [0.25, 0.3) is 0 Å². The molecular weight excluding hydrogens is 323 g/mol. The predicted molar refractivity (Wildman–Crippen MR) is 75.6 cm³/mol. The highest BCUT2D eigenvalue weighted by molar-refractivity contribution is 9.11. The molecule has 0 saturated heterocycles. The maximum absolute atomic E-state index is 13.5. The van der Waals surface area contributed by atoms with Crippen molar-refractivity contribution in [1.82, 2.24) is 0 Å². The van der Waals surface area contributed by atoms with E-state index in [1.165, 1.54) is 0 Å². The quantitative estimate of drug-likeness (QED) is 0.628. The first-order valence-electron chi connectivity index (χ1n) is 5.13. The fourth-order valence-corrected chi connectivity index (χ4v) is 3.30. The summed E-state index contributed by atoms with van der Waals surface area (Å²) >= 11 is 11.4. The van der Waals surface area contributed by atoms with Gasteiger partial charge in [-0.25, -0.2) is 4.39 Å². The van der Waals surface area contributed by atoms with E-state index in [9.17, 15) is 4.39 Å². The van der Waals surface area contributed by atoms with Gasteiger partial charge in [-0.3, -0.25) is 0 Å². The Morgan fingerprint density at radius 3 is 2.24 bits per heavy atom. The average molecular weight is 334 g/mol. The van der Waals surface area contributed by atoms with Crippen LogP contribution in [0.1, 0.15) is 27.6 Å². The Morgan fingerprint density at radius 1 is 1.18 bits per heavy atom. The van der Waals surface area contributed by atoms with Gasteiger partial charge >= 0.3 is 0 Å². The van der Waals surface area contributed by atoms with Gasteiger partial charge in [-0.1, -0.05) is 12.1 Å². The fraction of sp³-hybridized carbons (Fsp3) is 0.231. The lowest BCUT2D eigenvalue weighted by Crippen LogP contribution is -1.96. The van der Waals surface area contributed by atoms with Gasteiger partial charge in [0.1, 0.15) is 5.82 Å². The maximum Gasteiger partial charge on any atom is 0.129 e. The van der Waals surface area contributed by atoms with E-state index in [4.69, 9.17) is 11.6 Å². The third-order valence-electron chi connectivity index (χ3n) is 2.63. The number of rotatable bonds is 2. The van der Waals surface area contributed by atoms with Gasteiger partial charge in [-0.15, -0.1) is 22.9 Å². The molecule has 0 N–H and O–H groups in total. The molecule has 2 aromatic rings. The van der Waals surface area contributed by atoms with Crippen LogP contribution >= 0.6 is 38.9 Å². The Bertz CT molecular complexity index is 527. The summed E-state index contributed by atoms with van der Waals surface area (Å²) in [7, 11) is 0. The highest BCUT2D eigenvalue weighted by Crippen LogP contribution is 2.34. The average Bonchev–Trinajstić information content (AvgIpc) is 2.71. The van der Waals surface area contributed by atoms with Crippen molar-refractivity contribution < 1.29 is 4.39 Å². The van der Waals surface area contributed by atoms with E-state index in [1.807, 2.05) is 23.6 Å². The van der Waals surface area contributed by atoms with E-state index in [2.05, 4.69) is 15.9 Å². The molecule has 1 aromatic carbocycles. The van der Waals surface area contributed by atoms with Gasteiger partial charge < -0.3 is 0 Å². The van der Waals surface area contributed by atoms with Crippen molar-refractivity contribution >= 4 is 38.9 Å². The normalized spacial score (nSPS) is 12.8. The molecule has 0 aliphatic carbocycles. The van der Waals surface area contributed by atoms with Crippen LogP contribution in [0.2, 0.25) is 0 Å². The minimum absolute atomic E-state index is 0.149. The second-order valence-corrected chi connectivity index (χ2v) is 6.74. The number of thiophene rings is 1. The van der Waals surface area contributed by atoms with E-state index in [-0.39, 0.29) is 11.2 Å². The Balaban J connectivity index is 2.41. The topological polar surface area (TPSA) is 0 Å². The Labute approximate surface area is 118 Å². The second-order valence-electron chi connectivity index (χ2n) is 4.02. The van der Waals surface area contributed by atoms with E-state index < -0.39 is 0 Å². The largest absolute Gasteiger partial charge is 0.206 e. The second kappa shape index (κ2) is 5.09. The first-order chi connectivity index (χ1) is 7.99. The summed E-state index contributed by atoms with van der Waals surface area (Å²) in [6.45, 7) is 3.53. The molecule has 1 unspecified atom stereocenters. The van der Waals surface area contributed by atoms with Crippen LogP contribution in [0.4, 0.5) is 4.39 Å². The summed E-state index contributed by atoms with van der Waals surface area (Å²) in [6, 6.07) is 5.62. The van der Waals surface area contributed by atoms with Crippen LogP contribution in [0.5, 0.6) is 0 Å². The Morgan fingerprint density at radius 2 is 1.76 bits per heavy atom. The third kappa shape index (κ3) is 2.72. The highest BCUT2D eigenvalue weighted by Gasteiger charge is 2.15. The lowest BCUT2D eigenvalue weighted by atomic mass is 10.0. The molecule has 0 spiro atoms. The summed E-state index contributed by atoms with van der Waals surface area (Å²) in [5, 5.41) is 1.78. The van der Waals surface area contributed by atoms with Crippen molar-refractivity contribution in [2.45, 2.75) is 19.2 Å². The smallest absolute Gasteiger partial charge is 0.129 e. The first kappa shape index (κ1) is 13.1. The Hall–Kier alpha value is -0.380. The number of benzene rings is 1. The molecule has 0 fully saturated rings. The number of alkyl halides is 1. The minimum atomic E-state index is -0.226. The summed E-state index contributed by atoms with van der Waals surface area (Å²) in [4.78, 5) is 0. The van der Waals surface area contributed by atoms with Crippen LogP contribution in [0.15, 0.2) is 27.4 Å². The molecule has 0 aliphatic heterocycles. The van der Waals surface area contributed by atoms with Gasteiger partial charge in [-0.05, 0) is 63.5 Å². The summed E-state index contributed by atoms with van der Waals surface area (Å²) in [5.74, 6) is -0.149. The van der Waals surface area contributed by atoms with Crippen molar-refractivity contribution in [1.29, 1.82) is 0 Å². The van der Waals surface area contributed by atoms with E-state index in [1.54, 1.807) is 25.2 Å². The van der Waals surface area contributed by atoms with Gasteiger partial charge in [0.15, 0.2) is 0 Å². The number of hydrogen-bond donors (Lipinski definition) is 0. The molecule has 2 rings (SSSR count). The zero-order chi connectivity index (χ0) is 12.6. The molecule has 90 valence electrons. The molecule has 0 bridgehead atoms. The SMILES string of the molecule is Cc1cc(C(Cl)c2csc(Br)c2)cc(C)c1F. The van der Waals surface area contributed by atoms with E-state index in [0.717, 1.165) is 14.9 Å². The molecule has 0 aliphatic rings. The molecule has 0 saturated carbocycles. The summed E-state index contributed by atoms with van der Waals surface area (Å²) < 4.78 is 14.6. The number of aryl methyl sites for hydroxylation is 2. The van der Waals surface area contributed by atoms with Crippen LogP contribution in [0.3, 0.4) is 0 Å². The van der Waals surface area contributed by atoms with Crippen LogP contribution in [-0.4, -0.2) is 0 Å². The highest BCUT2D eigenvalue weighted by atomic mass is 79.9. The van der Waals surface area contributed by atoms with E-state index in [0.29, 0.717) is 11.1 Å². The summed E-state index contributed by atoms with van der Waals surface area (Å²) in [6.07, 6.45) is 0. The molecular formula is C13H11BrClFS. The van der Waals surface area contributed by atoms with Crippen LogP contribution in [0, 0.1) is 19.7 Å². The molecule has 0 amide bonds. The van der Waals surface area contributed by atoms with Crippen molar-refractivity contribution in [3.05, 3.63) is 55.4 Å². The predicted octanol–water partition coefficient (Wildman–Crippen LogP) is 5.59. The molecule has 1 atom stereocenters. The standard InChI is InChI=1S/C13H11BrClFS/c1-7-3-9(4-8(2)13(7)16)12(15)10-5-11(14)17-6-10/h3-6,12H,1-2H3. The molecule has 1 aromatic heterocycles. The minimum Gasteiger partial charge on any atom is -0.206 e. The summed E-state index contributed by atoms with van der Waals surface area (Å²) in [5.41, 5.74) is 3.25. The van der Waals surface area contributed by atoms with Crippen molar-refractivity contribution in [3.8, 4) is 0 Å². The van der Waals surface area contributed by atoms with Crippen molar-refractivity contribution in [2.75, 3.05) is 0 Å². The zero-order valence-corrected chi connectivity index (χ0v) is 12.6. The first-order valence-corrected chi connectivity index (χ1v) is 7.24. The molecule has 0 radical (unpaired) electrons. The van der Waals surface area contributed by atoms with Crippen LogP contribution < -0.4 is 0 Å². The van der Waals surface area contributed by atoms with Gasteiger partial charge in [0.05, 0.1) is 9.16 Å². The van der Waals surface area contributed by atoms with Crippen molar-refractivity contribution in [2.24, 2.45) is 0 Å². The van der Waals surface area contributed by atoms with Gasteiger partial charge in [-0.2, -0.15) is 0 Å². The third-order valence-corrected chi connectivity index (χ3v) is 4.66.